The molecule has 0 atom stereocenters. The number of halogens is 1. The van der Waals surface area contributed by atoms with E-state index in [4.69, 9.17) is 10.5 Å². The third-order valence-corrected chi connectivity index (χ3v) is 2.88. The predicted molar refractivity (Wildman–Crippen MR) is 68.9 cm³/mol. The van der Waals surface area contributed by atoms with Gasteiger partial charge in [0.15, 0.2) is 11.6 Å². The van der Waals surface area contributed by atoms with Crippen molar-refractivity contribution in [3.8, 4) is 5.75 Å². The van der Waals surface area contributed by atoms with E-state index in [9.17, 15) is 4.39 Å². The SMILES string of the molecule is Cc1cnc(COc2ccccc2F)c(C)c1N. The quantitative estimate of drug-likeness (QED) is 0.905. The summed E-state index contributed by atoms with van der Waals surface area (Å²) in [6.45, 7) is 3.99. The monoisotopic (exact) mass is 246 g/mol. The fourth-order valence-electron chi connectivity index (χ4n) is 1.65. The van der Waals surface area contributed by atoms with Crippen molar-refractivity contribution in [3.63, 3.8) is 0 Å². The molecule has 2 aromatic rings. The lowest BCUT2D eigenvalue weighted by atomic mass is 10.1. The second-order valence-corrected chi connectivity index (χ2v) is 4.15. The van der Waals surface area contributed by atoms with E-state index in [1.165, 1.54) is 6.07 Å². The van der Waals surface area contributed by atoms with Crippen molar-refractivity contribution in [1.82, 2.24) is 4.98 Å². The first kappa shape index (κ1) is 12.4. The maximum absolute atomic E-state index is 13.4. The van der Waals surface area contributed by atoms with Crippen LogP contribution in [0, 0.1) is 19.7 Å². The van der Waals surface area contributed by atoms with Gasteiger partial charge < -0.3 is 10.5 Å². The number of para-hydroxylation sites is 1. The maximum atomic E-state index is 13.4. The summed E-state index contributed by atoms with van der Waals surface area (Å²) in [6, 6.07) is 6.29. The number of anilines is 1. The van der Waals surface area contributed by atoms with Gasteiger partial charge >= 0.3 is 0 Å². The van der Waals surface area contributed by atoms with Crippen molar-refractivity contribution in [3.05, 3.63) is 53.1 Å². The summed E-state index contributed by atoms with van der Waals surface area (Å²) >= 11 is 0. The minimum atomic E-state index is -0.379. The van der Waals surface area contributed by atoms with Crippen LogP contribution < -0.4 is 10.5 Å². The highest BCUT2D eigenvalue weighted by Crippen LogP contribution is 2.21. The highest BCUT2D eigenvalue weighted by Gasteiger charge is 2.08. The molecule has 2 N–H and O–H groups in total. The van der Waals surface area contributed by atoms with Crippen LogP contribution in [0.5, 0.6) is 5.75 Å². The van der Waals surface area contributed by atoms with Crippen LogP contribution in [0.25, 0.3) is 0 Å². The van der Waals surface area contributed by atoms with Crippen LogP contribution in [0.15, 0.2) is 30.5 Å². The van der Waals surface area contributed by atoms with Crippen molar-refractivity contribution in [2.24, 2.45) is 0 Å². The van der Waals surface area contributed by atoms with E-state index in [1.807, 2.05) is 13.8 Å². The number of rotatable bonds is 3. The Morgan fingerprint density at radius 1 is 1.28 bits per heavy atom. The molecular formula is C14H15FN2O. The molecule has 0 saturated heterocycles. The lowest BCUT2D eigenvalue weighted by molar-refractivity contribution is 0.285. The Morgan fingerprint density at radius 3 is 2.72 bits per heavy atom. The Kier molecular flexibility index (Phi) is 3.46. The number of nitrogen functional groups attached to an aromatic ring is 1. The molecule has 4 heteroatoms. The second-order valence-electron chi connectivity index (χ2n) is 4.15. The van der Waals surface area contributed by atoms with Crippen LogP contribution in [0.2, 0.25) is 0 Å². The number of ether oxygens (including phenoxy) is 1. The van der Waals surface area contributed by atoms with Crippen molar-refractivity contribution < 1.29 is 9.13 Å². The van der Waals surface area contributed by atoms with Crippen LogP contribution in [-0.4, -0.2) is 4.98 Å². The van der Waals surface area contributed by atoms with Crippen molar-refractivity contribution in [1.29, 1.82) is 0 Å². The molecule has 0 saturated carbocycles. The van der Waals surface area contributed by atoms with Gasteiger partial charge in [-0.2, -0.15) is 0 Å². The number of aryl methyl sites for hydroxylation is 1. The van der Waals surface area contributed by atoms with Gasteiger partial charge in [0.2, 0.25) is 0 Å². The average molecular weight is 246 g/mol. The van der Waals surface area contributed by atoms with Gasteiger partial charge in [0.1, 0.15) is 6.61 Å². The van der Waals surface area contributed by atoms with E-state index < -0.39 is 0 Å². The van der Waals surface area contributed by atoms with Crippen LogP contribution >= 0.6 is 0 Å². The van der Waals surface area contributed by atoms with Crippen molar-refractivity contribution in [2.45, 2.75) is 20.5 Å². The summed E-state index contributed by atoms with van der Waals surface area (Å²) in [5.41, 5.74) is 9.15. The highest BCUT2D eigenvalue weighted by atomic mass is 19.1. The molecule has 3 nitrogen and oxygen atoms in total. The average Bonchev–Trinajstić information content (AvgIpc) is 2.37. The summed E-state index contributed by atoms with van der Waals surface area (Å²) < 4.78 is 18.8. The third-order valence-electron chi connectivity index (χ3n) is 2.88. The number of nitrogens with two attached hydrogens (primary N) is 1. The Morgan fingerprint density at radius 2 is 2.00 bits per heavy atom. The fraction of sp³-hybridized carbons (Fsp3) is 0.214. The molecule has 0 unspecified atom stereocenters. The van der Waals surface area contributed by atoms with Gasteiger partial charge in [-0.15, -0.1) is 0 Å². The molecule has 2 rings (SSSR count). The molecule has 0 aliphatic heterocycles. The Bertz CT molecular complexity index is 570. The van der Waals surface area contributed by atoms with Crippen LogP contribution in [0.1, 0.15) is 16.8 Å². The molecule has 0 radical (unpaired) electrons. The van der Waals surface area contributed by atoms with E-state index in [1.54, 1.807) is 24.4 Å². The Hall–Kier alpha value is -2.10. The van der Waals surface area contributed by atoms with E-state index in [-0.39, 0.29) is 18.2 Å². The maximum Gasteiger partial charge on any atom is 0.165 e. The van der Waals surface area contributed by atoms with E-state index in [0.717, 1.165) is 16.8 Å². The zero-order valence-corrected chi connectivity index (χ0v) is 10.4. The number of nitrogens with zero attached hydrogens (tertiary/aromatic N) is 1. The second kappa shape index (κ2) is 5.04. The first-order valence-corrected chi connectivity index (χ1v) is 5.67. The third kappa shape index (κ3) is 2.42. The summed E-state index contributed by atoms with van der Waals surface area (Å²) in [7, 11) is 0. The van der Waals surface area contributed by atoms with Crippen molar-refractivity contribution >= 4 is 5.69 Å². The number of hydrogen-bond acceptors (Lipinski definition) is 3. The summed E-state index contributed by atoms with van der Waals surface area (Å²) in [5, 5.41) is 0. The summed E-state index contributed by atoms with van der Waals surface area (Å²) in [4.78, 5) is 4.26. The lowest BCUT2D eigenvalue weighted by Gasteiger charge is -2.11. The van der Waals surface area contributed by atoms with Gasteiger partial charge in [-0.1, -0.05) is 12.1 Å². The summed E-state index contributed by atoms with van der Waals surface area (Å²) in [5.74, 6) is -0.159. The molecule has 0 aliphatic carbocycles. The molecule has 1 aromatic heterocycles. The van der Waals surface area contributed by atoms with Gasteiger partial charge in [-0.3, -0.25) is 4.98 Å². The molecule has 0 spiro atoms. The minimum absolute atomic E-state index is 0.206. The molecular weight excluding hydrogens is 231 g/mol. The fourth-order valence-corrected chi connectivity index (χ4v) is 1.65. The molecule has 0 bridgehead atoms. The van der Waals surface area contributed by atoms with E-state index in [2.05, 4.69) is 4.98 Å². The van der Waals surface area contributed by atoms with Gasteiger partial charge in [-0.25, -0.2) is 4.39 Å². The van der Waals surface area contributed by atoms with Gasteiger partial charge in [-0.05, 0) is 37.1 Å². The molecule has 1 heterocycles. The van der Waals surface area contributed by atoms with Crippen LogP contribution in [-0.2, 0) is 6.61 Å². The van der Waals surface area contributed by atoms with Gasteiger partial charge in [0, 0.05) is 11.9 Å². The van der Waals surface area contributed by atoms with E-state index in [0.29, 0.717) is 5.69 Å². The zero-order chi connectivity index (χ0) is 13.1. The van der Waals surface area contributed by atoms with Crippen LogP contribution in [0.4, 0.5) is 10.1 Å². The molecule has 94 valence electrons. The number of hydrogen-bond donors (Lipinski definition) is 1. The molecule has 1 aromatic carbocycles. The van der Waals surface area contributed by atoms with E-state index >= 15 is 0 Å². The molecule has 0 fully saturated rings. The molecule has 0 amide bonds. The minimum Gasteiger partial charge on any atom is -0.484 e. The normalized spacial score (nSPS) is 10.4. The smallest absolute Gasteiger partial charge is 0.165 e. The number of benzene rings is 1. The van der Waals surface area contributed by atoms with Gasteiger partial charge in [0.05, 0.1) is 5.69 Å². The zero-order valence-electron chi connectivity index (χ0n) is 10.4. The molecule has 18 heavy (non-hydrogen) atoms. The van der Waals surface area contributed by atoms with Gasteiger partial charge in [0.25, 0.3) is 0 Å². The lowest BCUT2D eigenvalue weighted by Crippen LogP contribution is -2.05. The number of aromatic nitrogens is 1. The van der Waals surface area contributed by atoms with Crippen molar-refractivity contribution in [2.75, 3.05) is 5.73 Å². The number of pyridine rings is 1. The Labute approximate surface area is 105 Å². The summed E-state index contributed by atoms with van der Waals surface area (Å²) in [6.07, 6.45) is 1.70. The topological polar surface area (TPSA) is 48.1 Å². The first-order chi connectivity index (χ1) is 8.59. The molecule has 0 aliphatic rings. The highest BCUT2D eigenvalue weighted by molar-refractivity contribution is 5.53. The standard InChI is InChI=1S/C14H15FN2O/c1-9-7-17-12(10(2)14(9)16)8-18-13-6-4-3-5-11(13)15/h3-7H,8H2,1-2H3,(H2,16,17). The first-order valence-electron chi connectivity index (χ1n) is 5.67. The predicted octanol–water partition coefficient (Wildman–Crippen LogP) is 3.00. The Balaban J connectivity index is 2.17. The largest absolute Gasteiger partial charge is 0.484 e. The van der Waals surface area contributed by atoms with Crippen LogP contribution in [0.3, 0.4) is 0 Å².